The zero-order valence-corrected chi connectivity index (χ0v) is 21.4. The molecule has 9 nitrogen and oxygen atoms in total. The smallest absolute Gasteiger partial charge is 0.406 e. The van der Waals surface area contributed by atoms with Crippen LogP contribution in [-0.4, -0.2) is 29.5 Å². The van der Waals surface area contributed by atoms with Crippen molar-refractivity contribution in [1.29, 1.82) is 0 Å². The third-order valence-electron chi connectivity index (χ3n) is 6.07. The molecule has 0 spiro atoms. The number of nitro groups is 1. The van der Waals surface area contributed by atoms with E-state index in [0.717, 1.165) is 35.0 Å². The van der Waals surface area contributed by atoms with E-state index in [1.165, 1.54) is 37.2 Å². The van der Waals surface area contributed by atoms with E-state index in [1.54, 1.807) is 13.0 Å². The van der Waals surface area contributed by atoms with Gasteiger partial charge >= 0.3 is 5.82 Å². The minimum atomic E-state index is -0.713. The Hall–Kier alpha value is -3.60. The molecule has 36 heavy (non-hydrogen) atoms. The van der Waals surface area contributed by atoms with Crippen LogP contribution in [0.25, 0.3) is 11.3 Å². The predicted molar refractivity (Wildman–Crippen MR) is 134 cm³/mol. The summed E-state index contributed by atoms with van der Waals surface area (Å²) in [6, 6.07) is 7.86. The van der Waals surface area contributed by atoms with Gasteiger partial charge in [0, 0.05) is 35.5 Å². The van der Waals surface area contributed by atoms with Gasteiger partial charge in [0.2, 0.25) is 5.75 Å². The highest BCUT2D eigenvalue weighted by Gasteiger charge is 2.24. The maximum Gasteiger partial charge on any atom is 0.406 e. The van der Waals surface area contributed by atoms with E-state index < -0.39 is 22.7 Å². The van der Waals surface area contributed by atoms with Crippen LogP contribution in [0.2, 0.25) is 0 Å². The first kappa shape index (κ1) is 24.1. The summed E-state index contributed by atoms with van der Waals surface area (Å²) < 4.78 is 24.7. The molecule has 1 saturated carbocycles. The molecule has 1 atom stereocenters. The number of nitrogens with zero attached hydrogens (tertiary/aromatic N) is 6. The average Bonchev–Trinajstić information content (AvgIpc) is 3.41. The number of aromatic nitrogens is 5. The lowest BCUT2D eigenvalue weighted by molar-refractivity contribution is -0.390. The van der Waals surface area contributed by atoms with Crippen molar-refractivity contribution < 1.29 is 14.1 Å². The molecule has 0 amide bonds. The molecule has 1 fully saturated rings. The number of aryl methyl sites for hydroxylation is 1. The first-order valence-electron chi connectivity index (χ1n) is 11.6. The van der Waals surface area contributed by atoms with Crippen molar-refractivity contribution >= 4 is 21.7 Å². The Labute approximate surface area is 215 Å². The van der Waals surface area contributed by atoms with Crippen LogP contribution in [0.3, 0.4) is 0 Å². The third kappa shape index (κ3) is 5.30. The Bertz CT molecular complexity index is 1430. The van der Waals surface area contributed by atoms with Gasteiger partial charge in [0.05, 0.1) is 28.6 Å². The minimum absolute atomic E-state index is 0.00940. The van der Waals surface area contributed by atoms with Crippen LogP contribution in [0.15, 0.2) is 53.4 Å². The van der Waals surface area contributed by atoms with Crippen molar-refractivity contribution in [3.8, 4) is 17.0 Å². The second-order valence-corrected chi connectivity index (χ2v) is 9.98. The lowest BCUT2D eigenvalue weighted by atomic mass is 9.99. The van der Waals surface area contributed by atoms with Gasteiger partial charge < -0.3 is 14.9 Å². The molecule has 0 aliphatic heterocycles. The number of hydrogen-bond acceptors (Lipinski definition) is 6. The molecule has 0 bridgehead atoms. The van der Waals surface area contributed by atoms with Gasteiger partial charge in [-0.3, -0.25) is 9.36 Å². The summed E-state index contributed by atoms with van der Waals surface area (Å²) in [5, 5.41) is 20.6. The molecule has 0 saturated heterocycles. The summed E-state index contributed by atoms with van der Waals surface area (Å²) in [6.07, 6.45) is 7.01. The second-order valence-electron chi connectivity index (χ2n) is 9.07. The summed E-state index contributed by atoms with van der Waals surface area (Å²) >= 11 is 3.27. The molecular weight excluding hydrogens is 531 g/mol. The van der Waals surface area contributed by atoms with Crippen LogP contribution >= 0.6 is 15.9 Å². The molecule has 4 aromatic rings. The molecule has 0 unspecified atom stereocenters. The highest BCUT2D eigenvalue weighted by Crippen LogP contribution is 2.36. The van der Waals surface area contributed by atoms with Crippen molar-refractivity contribution in [3.05, 3.63) is 86.1 Å². The van der Waals surface area contributed by atoms with Gasteiger partial charge in [0.25, 0.3) is 0 Å². The van der Waals surface area contributed by atoms with Crippen molar-refractivity contribution in [1.82, 2.24) is 24.5 Å². The van der Waals surface area contributed by atoms with Gasteiger partial charge in [-0.05, 0) is 82.7 Å². The molecule has 11 heteroatoms. The first-order valence-corrected chi connectivity index (χ1v) is 12.4. The van der Waals surface area contributed by atoms with E-state index in [0.29, 0.717) is 16.6 Å². The highest BCUT2D eigenvalue weighted by molar-refractivity contribution is 9.10. The number of rotatable bonds is 9. The molecular formula is C25H24BrFN6O3. The van der Waals surface area contributed by atoms with E-state index in [1.807, 2.05) is 34.7 Å². The SMILES string of the molecule is Cc1cc(-c2ccc(F)cc2[C@@H](C)Oc2cc(Br)cnc2[N+](=O)[O-])n(Cc2cnn(CC3CC3)c2)n1. The topological polar surface area (TPSA) is 101 Å². The second kappa shape index (κ2) is 9.81. The van der Waals surface area contributed by atoms with Crippen LogP contribution in [0.5, 0.6) is 5.75 Å². The molecule has 186 valence electrons. The Balaban J connectivity index is 1.47. The van der Waals surface area contributed by atoms with Gasteiger partial charge in [-0.2, -0.15) is 10.2 Å². The van der Waals surface area contributed by atoms with Gasteiger partial charge in [0.1, 0.15) is 11.9 Å². The largest absolute Gasteiger partial charge is 0.478 e. The lowest BCUT2D eigenvalue weighted by Crippen LogP contribution is -2.10. The van der Waals surface area contributed by atoms with Crippen molar-refractivity contribution in [2.24, 2.45) is 5.92 Å². The molecule has 5 rings (SSSR count). The zero-order chi connectivity index (χ0) is 25.4. The van der Waals surface area contributed by atoms with E-state index in [9.17, 15) is 14.5 Å². The van der Waals surface area contributed by atoms with Crippen molar-refractivity contribution in [3.63, 3.8) is 0 Å². The summed E-state index contributed by atoms with van der Waals surface area (Å²) in [5.41, 5.74) is 3.87. The Kier molecular flexibility index (Phi) is 6.57. The lowest BCUT2D eigenvalue weighted by Gasteiger charge is -2.19. The fourth-order valence-electron chi connectivity index (χ4n) is 4.20. The number of halogens is 2. The number of benzene rings is 1. The number of pyridine rings is 1. The van der Waals surface area contributed by atoms with Gasteiger partial charge in [0.15, 0.2) is 6.20 Å². The summed E-state index contributed by atoms with van der Waals surface area (Å²) in [6.45, 7) is 5.05. The quantitative estimate of drug-likeness (QED) is 0.190. The fourth-order valence-corrected chi connectivity index (χ4v) is 4.51. The monoisotopic (exact) mass is 554 g/mol. The zero-order valence-electron chi connectivity index (χ0n) is 19.8. The van der Waals surface area contributed by atoms with Crippen LogP contribution in [-0.2, 0) is 13.1 Å². The number of hydrogen-bond donors (Lipinski definition) is 0. The highest BCUT2D eigenvalue weighted by atomic mass is 79.9. The minimum Gasteiger partial charge on any atom is -0.478 e. The number of ether oxygens (including phenoxy) is 1. The molecule has 1 aliphatic carbocycles. The molecule has 0 radical (unpaired) electrons. The average molecular weight is 555 g/mol. The Morgan fingerprint density at radius 3 is 2.83 bits per heavy atom. The standard InChI is InChI=1S/C25H24BrFN6O3/c1-15-7-23(32(30-15)14-18-10-29-31(13-18)12-17-3-4-17)21-6-5-20(27)9-22(21)16(2)36-24-8-19(26)11-28-25(24)33(34)35/h5-11,13,16-17H,3-4,12,14H2,1-2H3/t16-/m1/s1. The van der Waals surface area contributed by atoms with E-state index in [-0.39, 0.29) is 5.75 Å². The van der Waals surface area contributed by atoms with E-state index >= 15 is 0 Å². The van der Waals surface area contributed by atoms with Crippen LogP contribution in [0.1, 0.15) is 42.7 Å². The van der Waals surface area contributed by atoms with Crippen molar-refractivity contribution in [2.75, 3.05) is 0 Å². The summed E-state index contributed by atoms with van der Waals surface area (Å²) in [5.74, 6) is -0.132. The Morgan fingerprint density at radius 1 is 1.28 bits per heavy atom. The van der Waals surface area contributed by atoms with Crippen LogP contribution in [0, 0.1) is 28.8 Å². The van der Waals surface area contributed by atoms with Crippen LogP contribution < -0.4 is 4.74 Å². The predicted octanol–water partition coefficient (Wildman–Crippen LogP) is 5.86. The molecule has 1 aliphatic rings. The van der Waals surface area contributed by atoms with Crippen LogP contribution in [0.4, 0.5) is 10.2 Å². The maximum absolute atomic E-state index is 14.4. The maximum atomic E-state index is 14.4. The van der Waals surface area contributed by atoms with E-state index in [4.69, 9.17) is 4.74 Å². The molecule has 1 aromatic carbocycles. The summed E-state index contributed by atoms with van der Waals surface area (Å²) in [4.78, 5) is 14.7. The first-order chi connectivity index (χ1) is 17.3. The Morgan fingerprint density at radius 2 is 2.08 bits per heavy atom. The van der Waals surface area contributed by atoms with Crippen molar-refractivity contribution in [2.45, 2.75) is 45.9 Å². The van der Waals surface area contributed by atoms with E-state index in [2.05, 4.69) is 31.1 Å². The third-order valence-corrected chi connectivity index (χ3v) is 6.50. The van der Waals surface area contributed by atoms with Gasteiger partial charge in [-0.1, -0.05) is 0 Å². The van der Waals surface area contributed by atoms with Gasteiger partial charge in [-0.15, -0.1) is 0 Å². The molecule has 3 heterocycles. The molecule has 3 aromatic heterocycles. The van der Waals surface area contributed by atoms with Gasteiger partial charge in [-0.25, -0.2) is 4.39 Å². The fraction of sp³-hybridized carbons (Fsp3) is 0.320. The normalized spacial score (nSPS) is 14.1. The summed E-state index contributed by atoms with van der Waals surface area (Å²) in [7, 11) is 0. The molecule has 0 N–H and O–H groups in total.